The Morgan fingerprint density at radius 1 is 1.15 bits per heavy atom. The third-order valence-corrected chi connectivity index (χ3v) is 5.45. The highest BCUT2D eigenvalue weighted by atomic mass is 79.9. The van der Waals surface area contributed by atoms with Crippen molar-refractivity contribution in [2.75, 3.05) is 0 Å². The Morgan fingerprint density at radius 2 is 1.91 bits per heavy atom. The molecule has 0 N–H and O–H groups in total. The van der Waals surface area contributed by atoms with Crippen molar-refractivity contribution in [2.45, 2.75) is 0 Å². The van der Waals surface area contributed by atoms with Gasteiger partial charge in [-0.25, -0.2) is 14.6 Å². The number of nitrogens with zero attached hydrogens (tertiary/aromatic N) is 2. The number of nitro groups is 1. The highest BCUT2D eigenvalue weighted by molar-refractivity contribution is 9.11. The zero-order valence-corrected chi connectivity index (χ0v) is 20.1. The first-order valence-corrected chi connectivity index (χ1v) is 11.1. The molecule has 0 atom stereocenters. The molecule has 4 rings (SSSR count). The maximum absolute atomic E-state index is 12.5. The Kier molecular flexibility index (Phi) is 6.85. The van der Waals surface area contributed by atoms with Gasteiger partial charge < -0.3 is 13.9 Å². The number of esters is 2. The van der Waals surface area contributed by atoms with Crippen LogP contribution in [0.5, 0.6) is 5.75 Å². The minimum Gasteiger partial charge on any atom is -0.459 e. The van der Waals surface area contributed by atoms with E-state index in [1.807, 2.05) is 0 Å². The molecule has 3 aromatic rings. The third kappa shape index (κ3) is 5.38. The molecule has 2 heterocycles. The first-order valence-electron chi connectivity index (χ1n) is 9.50. The fourth-order valence-electron chi connectivity index (χ4n) is 2.86. The number of rotatable bonds is 6. The van der Waals surface area contributed by atoms with E-state index >= 15 is 0 Å². The Hall–Kier alpha value is -3.83. The summed E-state index contributed by atoms with van der Waals surface area (Å²) in [4.78, 5) is 39.1. The van der Waals surface area contributed by atoms with Crippen molar-refractivity contribution in [3.63, 3.8) is 0 Å². The second-order valence-corrected chi connectivity index (χ2v) is 8.49. The fourth-order valence-corrected chi connectivity index (χ4v) is 4.20. The van der Waals surface area contributed by atoms with E-state index in [9.17, 15) is 19.7 Å². The van der Waals surface area contributed by atoms with Gasteiger partial charge in [0.25, 0.3) is 11.6 Å². The maximum Gasteiger partial charge on any atom is 0.363 e. The first-order chi connectivity index (χ1) is 16.3. The lowest BCUT2D eigenvalue weighted by Gasteiger charge is -2.09. The predicted molar refractivity (Wildman–Crippen MR) is 129 cm³/mol. The molecule has 0 bridgehead atoms. The van der Waals surface area contributed by atoms with Crippen LogP contribution in [0.4, 0.5) is 5.69 Å². The number of nitro benzene ring substituents is 1. The van der Waals surface area contributed by atoms with Crippen molar-refractivity contribution in [2.24, 2.45) is 4.99 Å². The van der Waals surface area contributed by atoms with Crippen LogP contribution < -0.4 is 4.74 Å². The maximum atomic E-state index is 12.5. The number of cyclic esters (lactones) is 1. The van der Waals surface area contributed by atoms with E-state index in [2.05, 4.69) is 36.9 Å². The number of hydrogen-bond acceptors (Lipinski definition) is 8. The van der Waals surface area contributed by atoms with Crippen LogP contribution in [-0.4, -0.2) is 22.8 Å². The number of carbonyl (C=O) groups excluding carboxylic acids is 2. The Bertz CT molecular complexity index is 1380. The summed E-state index contributed by atoms with van der Waals surface area (Å²) in [5.41, 5.74) is 0.901. The molecule has 1 aromatic heterocycles. The van der Waals surface area contributed by atoms with Gasteiger partial charge in [0, 0.05) is 28.2 Å². The lowest BCUT2D eigenvalue weighted by atomic mass is 10.1. The van der Waals surface area contributed by atoms with Crippen molar-refractivity contribution >= 4 is 67.5 Å². The van der Waals surface area contributed by atoms with Crippen molar-refractivity contribution in [3.05, 3.63) is 103 Å². The molecule has 0 saturated carbocycles. The minimum absolute atomic E-state index is 0.00452. The molecular formula is C23H12Br2N2O7. The van der Waals surface area contributed by atoms with Crippen LogP contribution in [0.1, 0.15) is 16.9 Å². The molecule has 0 radical (unpaired) electrons. The van der Waals surface area contributed by atoms with Crippen LogP contribution >= 0.6 is 31.9 Å². The summed E-state index contributed by atoms with van der Waals surface area (Å²) in [5.74, 6) is -0.897. The third-order valence-electron chi connectivity index (χ3n) is 4.40. The summed E-state index contributed by atoms with van der Waals surface area (Å²) in [6.45, 7) is 0. The number of carbonyl (C=O) groups is 2. The molecule has 0 amide bonds. The number of hydrogen-bond donors (Lipinski definition) is 0. The van der Waals surface area contributed by atoms with Crippen LogP contribution in [-0.2, 0) is 14.3 Å². The molecule has 0 spiro atoms. The van der Waals surface area contributed by atoms with Crippen LogP contribution in [0, 0.1) is 10.1 Å². The molecule has 0 unspecified atom stereocenters. The zero-order chi connectivity index (χ0) is 24.2. The Morgan fingerprint density at radius 3 is 2.59 bits per heavy atom. The zero-order valence-electron chi connectivity index (χ0n) is 16.9. The van der Waals surface area contributed by atoms with Gasteiger partial charge in [0.1, 0.15) is 0 Å². The molecule has 1 aliphatic rings. The van der Waals surface area contributed by atoms with E-state index in [4.69, 9.17) is 13.9 Å². The fraction of sp³-hybridized carbons (Fsp3) is 0. The number of halogens is 2. The molecule has 9 nitrogen and oxygen atoms in total. The van der Waals surface area contributed by atoms with Crippen LogP contribution in [0.2, 0.25) is 0 Å². The summed E-state index contributed by atoms with van der Waals surface area (Å²) in [7, 11) is 0. The normalized spacial score (nSPS) is 14.4. The lowest BCUT2D eigenvalue weighted by Crippen LogP contribution is -2.06. The quantitative estimate of drug-likeness (QED) is 0.120. The van der Waals surface area contributed by atoms with Crippen LogP contribution in [0.25, 0.3) is 12.2 Å². The summed E-state index contributed by atoms with van der Waals surface area (Å²) in [5, 5.41) is 10.8. The second kappa shape index (κ2) is 9.98. The monoisotopic (exact) mass is 586 g/mol. The number of benzene rings is 2. The molecular weight excluding hydrogens is 576 g/mol. The molecule has 1 aliphatic heterocycles. The average Bonchev–Trinajstić information content (AvgIpc) is 3.45. The average molecular weight is 588 g/mol. The highest BCUT2D eigenvalue weighted by Crippen LogP contribution is 2.35. The molecule has 170 valence electrons. The molecule has 2 aromatic carbocycles. The summed E-state index contributed by atoms with van der Waals surface area (Å²) in [6, 6.07) is 12.2. The second-order valence-electron chi connectivity index (χ2n) is 6.72. The topological polar surface area (TPSA) is 121 Å². The summed E-state index contributed by atoms with van der Waals surface area (Å²) >= 11 is 6.73. The Balaban J connectivity index is 1.58. The van der Waals surface area contributed by atoms with Gasteiger partial charge >= 0.3 is 11.9 Å². The number of non-ortho nitro benzene ring substituents is 1. The van der Waals surface area contributed by atoms with Gasteiger partial charge in [-0.1, -0.05) is 15.9 Å². The van der Waals surface area contributed by atoms with Gasteiger partial charge in [0.05, 0.1) is 15.7 Å². The van der Waals surface area contributed by atoms with E-state index in [0.717, 1.165) is 0 Å². The molecule has 0 saturated heterocycles. The molecule has 11 heteroatoms. The van der Waals surface area contributed by atoms with E-state index in [1.54, 1.807) is 24.3 Å². The molecule has 34 heavy (non-hydrogen) atoms. The van der Waals surface area contributed by atoms with E-state index < -0.39 is 16.9 Å². The summed E-state index contributed by atoms with van der Waals surface area (Å²) < 4.78 is 17.0. The minimum atomic E-state index is -0.699. The van der Waals surface area contributed by atoms with Gasteiger partial charge in [-0.3, -0.25) is 10.1 Å². The lowest BCUT2D eigenvalue weighted by molar-refractivity contribution is -0.384. The SMILES string of the molecule is O=C(/C=C/c1ccc([N+](=O)[O-])cc1)Oc1c(Br)cc(Br)cc1/C=C1/N=C(c2ccco2)OC1=O. The standard InChI is InChI=1S/C23H12Br2N2O7/c24-15-10-14(11-18-23(29)34-22(26-18)19-2-1-9-32-19)21(17(25)12-15)33-20(28)8-5-13-3-6-16(7-4-13)27(30)31/h1-12H/b8-5+,18-11+. The van der Waals surface area contributed by atoms with E-state index in [0.29, 0.717) is 25.8 Å². The van der Waals surface area contributed by atoms with Gasteiger partial charge in [0.2, 0.25) is 0 Å². The predicted octanol–water partition coefficient (Wildman–Crippen LogP) is 5.68. The van der Waals surface area contributed by atoms with Crippen LogP contribution in [0.15, 0.2) is 84.9 Å². The smallest absolute Gasteiger partial charge is 0.363 e. The largest absolute Gasteiger partial charge is 0.459 e. The van der Waals surface area contributed by atoms with E-state index in [-0.39, 0.29) is 23.0 Å². The molecule has 0 fully saturated rings. The van der Waals surface area contributed by atoms with Crippen LogP contribution in [0.3, 0.4) is 0 Å². The van der Waals surface area contributed by atoms with Gasteiger partial charge in [0.15, 0.2) is 17.2 Å². The Labute approximate surface area is 208 Å². The van der Waals surface area contributed by atoms with E-state index in [1.165, 1.54) is 48.8 Å². The first kappa shape index (κ1) is 23.3. The van der Waals surface area contributed by atoms with Crippen molar-refractivity contribution in [1.82, 2.24) is 0 Å². The number of furan rings is 1. The van der Waals surface area contributed by atoms with Gasteiger partial charge in [-0.15, -0.1) is 0 Å². The number of aliphatic imine (C=N–C) groups is 1. The van der Waals surface area contributed by atoms with Crippen molar-refractivity contribution in [1.29, 1.82) is 0 Å². The molecule has 0 aliphatic carbocycles. The van der Waals surface area contributed by atoms with Gasteiger partial charge in [-0.05, 0) is 70.0 Å². The number of ether oxygens (including phenoxy) is 2. The highest BCUT2D eigenvalue weighted by Gasteiger charge is 2.26. The summed E-state index contributed by atoms with van der Waals surface area (Å²) in [6.07, 6.45) is 5.51. The van der Waals surface area contributed by atoms with Gasteiger partial charge in [-0.2, -0.15) is 0 Å². The van der Waals surface area contributed by atoms with Crippen molar-refractivity contribution < 1.29 is 28.4 Å². The van der Waals surface area contributed by atoms with Crippen molar-refractivity contribution in [3.8, 4) is 5.75 Å².